The van der Waals surface area contributed by atoms with E-state index < -0.39 is 23.6 Å². The molecule has 10 heteroatoms. The highest BCUT2D eigenvalue weighted by molar-refractivity contribution is 5.96. The molecule has 0 saturated heterocycles. The minimum absolute atomic E-state index is 0.125. The summed E-state index contributed by atoms with van der Waals surface area (Å²) in [6, 6.07) is 3.13. The van der Waals surface area contributed by atoms with Gasteiger partial charge in [0.05, 0.1) is 4.92 Å². The Labute approximate surface area is 117 Å². The smallest absolute Gasteiger partial charge is 0.330 e. The van der Waals surface area contributed by atoms with Crippen LogP contribution in [0.5, 0.6) is 0 Å². The number of hydrogen-bond donors (Lipinski definition) is 2. The Bertz CT molecular complexity index is 548. The summed E-state index contributed by atoms with van der Waals surface area (Å²) in [7, 11) is 0. The molecule has 0 aromatic heterocycles. The van der Waals surface area contributed by atoms with Gasteiger partial charge in [-0.25, -0.2) is 0 Å². The molecule has 1 aromatic carbocycles. The Morgan fingerprint density at radius 1 is 1.48 bits per heavy atom. The van der Waals surface area contributed by atoms with Crippen LogP contribution >= 0.6 is 0 Å². The number of nitrogens with zero attached hydrogens (tertiary/aromatic N) is 2. The fourth-order valence-corrected chi connectivity index (χ4v) is 1.67. The minimum Gasteiger partial charge on any atom is -0.330 e. The number of alkyl halides is 3. The number of carbonyl (C=O) groups is 1. The zero-order valence-electron chi connectivity index (χ0n) is 11.0. The van der Waals surface area contributed by atoms with E-state index in [1.54, 1.807) is 0 Å². The van der Waals surface area contributed by atoms with Crippen LogP contribution in [0.3, 0.4) is 0 Å². The van der Waals surface area contributed by atoms with Crippen LogP contribution in [0.25, 0.3) is 0 Å². The molecule has 7 nitrogen and oxygen atoms in total. The van der Waals surface area contributed by atoms with Crippen LogP contribution in [0.2, 0.25) is 0 Å². The van der Waals surface area contributed by atoms with Gasteiger partial charge in [-0.2, -0.15) is 13.2 Å². The second-order valence-electron chi connectivity index (χ2n) is 4.07. The van der Waals surface area contributed by atoms with Gasteiger partial charge in [0.2, 0.25) is 0 Å². The van der Waals surface area contributed by atoms with E-state index in [0.717, 1.165) is 18.2 Å². The number of halogens is 3. The standard InChI is InChI=1S/C11H13F3N4O3/c1-2-17(6-11(12,13)14)10(19)7-3-4-9(18(20)21)8(5-7)16-15/h3-5,16H,2,6,15H2,1H3. The van der Waals surface area contributed by atoms with Gasteiger partial charge in [-0.1, -0.05) is 0 Å². The maximum atomic E-state index is 12.4. The quantitative estimate of drug-likeness (QED) is 0.491. The molecule has 0 spiro atoms. The molecule has 116 valence electrons. The number of nitrogens with one attached hydrogen (secondary N) is 1. The van der Waals surface area contributed by atoms with Gasteiger partial charge in [-0.3, -0.25) is 20.8 Å². The van der Waals surface area contributed by atoms with E-state index in [9.17, 15) is 28.1 Å². The van der Waals surface area contributed by atoms with Crippen LogP contribution in [-0.4, -0.2) is 35.0 Å². The summed E-state index contributed by atoms with van der Waals surface area (Å²) in [5.41, 5.74) is 1.38. The summed E-state index contributed by atoms with van der Waals surface area (Å²) in [5.74, 6) is 4.22. The third-order valence-electron chi connectivity index (χ3n) is 2.63. The van der Waals surface area contributed by atoms with Gasteiger partial charge in [0.25, 0.3) is 11.6 Å². The van der Waals surface area contributed by atoms with E-state index in [1.807, 2.05) is 5.43 Å². The number of amides is 1. The van der Waals surface area contributed by atoms with Crippen LogP contribution in [0.4, 0.5) is 24.5 Å². The summed E-state index contributed by atoms with van der Waals surface area (Å²) >= 11 is 0. The average molecular weight is 306 g/mol. The van der Waals surface area contributed by atoms with Crippen LogP contribution < -0.4 is 11.3 Å². The number of hydrazine groups is 1. The van der Waals surface area contributed by atoms with Crippen molar-refractivity contribution in [2.24, 2.45) is 5.84 Å². The van der Waals surface area contributed by atoms with Crippen molar-refractivity contribution >= 4 is 17.3 Å². The molecule has 0 aliphatic carbocycles. The van der Waals surface area contributed by atoms with Gasteiger partial charge in [0, 0.05) is 18.2 Å². The first-order valence-electron chi connectivity index (χ1n) is 5.80. The van der Waals surface area contributed by atoms with Gasteiger partial charge in [0.15, 0.2) is 0 Å². The van der Waals surface area contributed by atoms with Gasteiger partial charge < -0.3 is 10.3 Å². The van der Waals surface area contributed by atoms with Crippen molar-refractivity contribution in [3.8, 4) is 0 Å². The number of nitrogens with two attached hydrogens (primary N) is 1. The molecule has 0 radical (unpaired) electrons. The monoisotopic (exact) mass is 306 g/mol. The van der Waals surface area contributed by atoms with E-state index in [1.165, 1.54) is 6.92 Å². The first-order valence-corrected chi connectivity index (χ1v) is 5.80. The lowest BCUT2D eigenvalue weighted by molar-refractivity contribution is -0.384. The van der Waals surface area contributed by atoms with Crippen molar-refractivity contribution in [2.75, 3.05) is 18.5 Å². The largest absolute Gasteiger partial charge is 0.406 e. The van der Waals surface area contributed by atoms with Crippen molar-refractivity contribution in [1.82, 2.24) is 4.90 Å². The second kappa shape index (κ2) is 6.39. The average Bonchev–Trinajstić information content (AvgIpc) is 2.42. The molecule has 1 rings (SSSR count). The molecule has 0 aliphatic rings. The molecule has 1 aromatic rings. The summed E-state index contributed by atoms with van der Waals surface area (Å²) in [4.78, 5) is 22.6. The molecule has 0 aliphatic heterocycles. The Kier molecular flexibility index (Phi) is 5.08. The molecule has 0 saturated carbocycles. The third-order valence-corrected chi connectivity index (χ3v) is 2.63. The normalized spacial score (nSPS) is 11.1. The Morgan fingerprint density at radius 2 is 2.10 bits per heavy atom. The SMILES string of the molecule is CCN(CC(F)(F)F)C(=O)c1ccc([N+](=O)[O-])c(NN)c1. The number of nitrogen functional groups attached to an aromatic ring is 1. The summed E-state index contributed by atoms with van der Waals surface area (Å²) < 4.78 is 37.1. The summed E-state index contributed by atoms with van der Waals surface area (Å²) in [6.45, 7) is -0.150. The zero-order valence-corrected chi connectivity index (χ0v) is 11.0. The zero-order chi connectivity index (χ0) is 16.2. The fraction of sp³-hybridized carbons (Fsp3) is 0.364. The summed E-state index contributed by atoms with van der Waals surface area (Å²) in [5, 5.41) is 10.7. The highest BCUT2D eigenvalue weighted by Gasteiger charge is 2.33. The number of carbonyl (C=O) groups excluding carboxylic acids is 1. The van der Waals surface area contributed by atoms with Crippen LogP contribution in [0.1, 0.15) is 17.3 Å². The third kappa shape index (κ3) is 4.31. The number of nitro groups is 1. The maximum Gasteiger partial charge on any atom is 0.406 e. The molecular weight excluding hydrogens is 293 g/mol. The lowest BCUT2D eigenvalue weighted by Crippen LogP contribution is -2.38. The first-order chi connectivity index (χ1) is 9.69. The minimum atomic E-state index is -4.53. The maximum absolute atomic E-state index is 12.4. The molecule has 0 atom stereocenters. The van der Waals surface area contributed by atoms with Crippen molar-refractivity contribution in [3.05, 3.63) is 33.9 Å². The molecule has 3 N–H and O–H groups in total. The van der Waals surface area contributed by atoms with Crippen LogP contribution in [0, 0.1) is 10.1 Å². The highest BCUT2D eigenvalue weighted by atomic mass is 19.4. The van der Waals surface area contributed by atoms with E-state index in [2.05, 4.69) is 0 Å². The molecule has 0 bridgehead atoms. The number of hydrogen-bond acceptors (Lipinski definition) is 5. The topological polar surface area (TPSA) is 102 Å². The van der Waals surface area contributed by atoms with Crippen molar-refractivity contribution in [3.63, 3.8) is 0 Å². The van der Waals surface area contributed by atoms with Crippen molar-refractivity contribution in [1.29, 1.82) is 0 Å². The molecule has 0 fully saturated rings. The lowest BCUT2D eigenvalue weighted by atomic mass is 10.1. The van der Waals surface area contributed by atoms with Gasteiger partial charge >= 0.3 is 6.18 Å². The first kappa shape index (κ1) is 16.7. The Balaban J connectivity index is 3.09. The second-order valence-corrected chi connectivity index (χ2v) is 4.07. The Hall–Kier alpha value is -2.36. The lowest BCUT2D eigenvalue weighted by Gasteiger charge is -2.22. The molecule has 1 amide bonds. The van der Waals surface area contributed by atoms with Crippen molar-refractivity contribution in [2.45, 2.75) is 13.1 Å². The Morgan fingerprint density at radius 3 is 2.52 bits per heavy atom. The van der Waals surface area contributed by atoms with E-state index in [4.69, 9.17) is 5.84 Å². The molecule has 0 unspecified atom stereocenters. The molecule has 21 heavy (non-hydrogen) atoms. The van der Waals surface area contributed by atoms with Gasteiger partial charge in [0.1, 0.15) is 12.2 Å². The fourth-order valence-electron chi connectivity index (χ4n) is 1.67. The van der Waals surface area contributed by atoms with E-state index in [0.29, 0.717) is 4.90 Å². The number of rotatable bonds is 5. The predicted molar refractivity (Wildman–Crippen MR) is 68.5 cm³/mol. The van der Waals surface area contributed by atoms with E-state index >= 15 is 0 Å². The number of benzene rings is 1. The van der Waals surface area contributed by atoms with E-state index in [-0.39, 0.29) is 23.5 Å². The van der Waals surface area contributed by atoms with Crippen LogP contribution in [-0.2, 0) is 0 Å². The highest BCUT2D eigenvalue weighted by Crippen LogP contribution is 2.26. The summed E-state index contributed by atoms with van der Waals surface area (Å²) in [6.07, 6.45) is -4.53. The predicted octanol–water partition coefficient (Wildman–Crippen LogP) is 1.90. The number of anilines is 1. The molecule has 0 heterocycles. The van der Waals surface area contributed by atoms with Gasteiger partial charge in [-0.15, -0.1) is 0 Å². The van der Waals surface area contributed by atoms with Gasteiger partial charge in [-0.05, 0) is 19.1 Å². The van der Waals surface area contributed by atoms with Crippen LogP contribution in [0.15, 0.2) is 18.2 Å². The number of nitro benzene ring substituents is 1. The molecular formula is C11H13F3N4O3. The van der Waals surface area contributed by atoms with Crippen molar-refractivity contribution < 1.29 is 22.9 Å².